The highest BCUT2D eigenvalue weighted by Crippen LogP contribution is 2.39. The van der Waals surface area contributed by atoms with Crippen molar-refractivity contribution in [1.82, 2.24) is 0 Å². The van der Waals surface area contributed by atoms with E-state index in [0.29, 0.717) is 11.1 Å². The van der Waals surface area contributed by atoms with Crippen molar-refractivity contribution >= 4 is 52.3 Å². The van der Waals surface area contributed by atoms with Crippen LogP contribution in [0.2, 0.25) is 10.0 Å². The lowest BCUT2D eigenvalue weighted by molar-refractivity contribution is -0.138. The van der Waals surface area contributed by atoms with E-state index in [2.05, 4.69) is 5.32 Å². The van der Waals surface area contributed by atoms with E-state index in [1.54, 1.807) is 48.5 Å². The van der Waals surface area contributed by atoms with Gasteiger partial charge in [0.25, 0.3) is 5.91 Å². The molecule has 5 rings (SSSR count). The second-order valence-electron chi connectivity index (χ2n) is 8.61. The maximum atomic E-state index is 14.1. The monoisotopic (exact) mass is 543 g/mol. The summed E-state index contributed by atoms with van der Waals surface area (Å²) < 4.78 is 5.54. The van der Waals surface area contributed by atoms with Crippen LogP contribution in [0.1, 0.15) is 32.4 Å². The summed E-state index contributed by atoms with van der Waals surface area (Å²) in [7, 11) is 0. The molecule has 1 aliphatic rings. The van der Waals surface area contributed by atoms with Gasteiger partial charge in [-0.05, 0) is 35.4 Å². The van der Waals surface area contributed by atoms with Gasteiger partial charge in [0.2, 0.25) is 5.78 Å². The first-order valence-corrected chi connectivity index (χ1v) is 12.4. The summed E-state index contributed by atoms with van der Waals surface area (Å²) in [6.45, 7) is 0. The number of carbonyl (C=O) groups is 4. The minimum Gasteiger partial charge on any atom is -0.453 e. The predicted octanol–water partition coefficient (Wildman–Crippen LogP) is 6.58. The first-order chi connectivity index (χ1) is 18.3. The van der Waals surface area contributed by atoms with E-state index in [1.807, 2.05) is 30.3 Å². The van der Waals surface area contributed by atoms with E-state index in [0.717, 1.165) is 5.56 Å². The van der Waals surface area contributed by atoms with Crippen LogP contribution in [0.4, 0.5) is 5.69 Å². The minimum absolute atomic E-state index is 0.181. The van der Waals surface area contributed by atoms with Gasteiger partial charge in [0.1, 0.15) is 12.0 Å². The van der Waals surface area contributed by atoms with Crippen molar-refractivity contribution in [2.24, 2.45) is 5.92 Å². The molecule has 38 heavy (non-hydrogen) atoms. The second kappa shape index (κ2) is 10.6. The number of ether oxygens (including phenoxy) is 1. The zero-order valence-electron chi connectivity index (χ0n) is 19.7. The zero-order valence-corrected chi connectivity index (χ0v) is 21.2. The molecule has 0 fully saturated rings. The molecular weight excluding hydrogens is 525 g/mol. The summed E-state index contributed by atoms with van der Waals surface area (Å²) in [6, 6.07) is 26.8. The molecule has 1 heterocycles. The lowest BCUT2D eigenvalue weighted by atomic mass is 9.82. The number of halogens is 2. The first kappa shape index (κ1) is 25.4. The van der Waals surface area contributed by atoms with E-state index in [9.17, 15) is 19.2 Å². The predicted molar refractivity (Wildman–Crippen MR) is 144 cm³/mol. The Kier molecular flexibility index (Phi) is 7.09. The molecule has 2 atom stereocenters. The Hall–Kier alpha value is -4.26. The van der Waals surface area contributed by atoms with Crippen LogP contribution < -0.4 is 5.32 Å². The fourth-order valence-corrected chi connectivity index (χ4v) is 4.76. The number of rotatable bonds is 7. The van der Waals surface area contributed by atoms with Crippen LogP contribution >= 0.6 is 23.2 Å². The molecule has 0 aliphatic carbocycles. The molecule has 6 nitrogen and oxygen atoms in total. The summed E-state index contributed by atoms with van der Waals surface area (Å²) in [5, 5.41) is 2.93. The van der Waals surface area contributed by atoms with Gasteiger partial charge in [-0.15, -0.1) is 0 Å². The number of cyclic esters (lactones) is 1. The summed E-state index contributed by atoms with van der Waals surface area (Å²) in [6.07, 6.45) is -1.28. The molecule has 0 saturated carbocycles. The van der Waals surface area contributed by atoms with Gasteiger partial charge in [-0.3, -0.25) is 14.4 Å². The largest absolute Gasteiger partial charge is 0.453 e. The van der Waals surface area contributed by atoms with E-state index in [-0.39, 0.29) is 26.9 Å². The van der Waals surface area contributed by atoms with Crippen molar-refractivity contribution in [3.8, 4) is 11.1 Å². The molecule has 0 spiro atoms. The molecular formula is C30H19Cl2NO5. The molecule has 188 valence electrons. The molecule has 0 radical (unpaired) electrons. The van der Waals surface area contributed by atoms with Crippen molar-refractivity contribution in [2.45, 2.75) is 6.10 Å². The van der Waals surface area contributed by atoms with Crippen LogP contribution in [0.3, 0.4) is 0 Å². The van der Waals surface area contributed by atoms with Gasteiger partial charge in [-0.2, -0.15) is 0 Å². The molecule has 0 unspecified atom stereocenters. The molecule has 4 aromatic carbocycles. The van der Waals surface area contributed by atoms with Crippen LogP contribution in [0.15, 0.2) is 97.1 Å². The van der Waals surface area contributed by atoms with E-state index in [1.165, 1.54) is 18.2 Å². The van der Waals surface area contributed by atoms with Crippen molar-refractivity contribution < 1.29 is 23.9 Å². The minimum atomic E-state index is -1.63. The maximum absolute atomic E-state index is 14.1. The second-order valence-corrected chi connectivity index (χ2v) is 9.43. The fourth-order valence-electron chi connectivity index (χ4n) is 4.46. The average Bonchev–Trinajstić information content (AvgIpc) is 3.27. The molecule has 0 saturated heterocycles. The van der Waals surface area contributed by atoms with Gasteiger partial charge in [0, 0.05) is 16.8 Å². The third-order valence-corrected chi connectivity index (χ3v) is 7.01. The Labute approximate surface area is 228 Å². The molecule has 1 amide bonds. The number of carbonyl (C=O) groups excluding carboxylic acids is 4. The number of nitrogens with one attached hydrogen (secondary N) is 1. The number of esters is 1. The molecule has 1 aliphatic heterocycles. The summed E-state index contributed by atoms with van der Waals surface area (Å²) in [5.41, 5.74) is 2.38. The zero-order chi connectivity index (χ0) is 26.8. The van der Waals surface area contributed by atoms with Gasteiger partial charge in [0.15, 0.2) is 5.78 Å². The summed E-state index contributed by atoms with van der Waals surface area (Å²) in [5.74, 6) is -5.06. The van der Waals surface area contributed by atoms with Crippen LogP contribution in [-0.2, 0) is 14.3 Å². The number of Topliss-reactive ketones (excluding diaryl/α,β-unsaturated/α-hetero) is 2. The number of benzene rings is 4. The van der Waals surface area contributed by atoms with Gasteiger partial charge in [-0.25, -0.2) is 4.79 Å². The molecule has 0 bridgehead atoms. The molecule has 1 N–H and O–H groups in total. The van der Waals surface area contributed by atoms with Crippen molar-refractivity contribution in [2.75, 3.05) is 5.32 Å². The molecule has 0 aromatic heterocycles. The maximum Gasteiger partial charge on any atom is 0.339 e. The quantitative estimate of drug-likeness (QED) is 0.123. The average molecular weight is 544 g/mol. The number of amides is 1. The van der Waals surface area contributed by atoms with Crippen LogP contribution in [-0.4, -0.2) is 23.4 Å². The van der Waals surface area contributed by atoms with Gasteiger partial charge in [0.05, 0.1) is 15.6 Å². The SMILES string of the molecule is O=C(Nc1ccc(Cl)c(Cl)c1)C(=O)[C@@H](C(=O)c1ccccc1-c1ccccc1)[C@@H]1OC(=O)c2ccccc21. The third-order valence-electron chi connectivity index (χ3n) is 6.27. The number of anilines is 1. The lowest BCUT2D eigenvalue weighted by Crippen LogP contribution is -2.38. The standard InChI is InChI=1S/C30H19Cl2NO5/c31-23-15-14-18(16-24(23)32)33-29(36)27(35)25(28-21-12-6-7-13-22(21)30(37)38-28)26(34)20-11-5-4-10-19(20)17-8-2-1-3-9-17/h1-16,25,28H,(H,33,36)/t25-,28-/m1/s1. The topological polar surface area (TPSA) is 89.5 Å². The van der Waals surface area contributed by atoms with Crippen molar-refractivity contribution in [3.63, 3.8) is 0 Å². The first-order valence-electron chi connectivity index (χ1n) is 11.6. The number of hydrogen-bond acceptors (Lipinski definition) is 5. The van der Waals surface area contributed by atoms with Crippen molar-refractivity contribution in [1.29, 1.82) is 0 Å². The number of ketones is 2. The van der Waals surface area contributed by atoms with Gasteiger partial charge >= 0.3 is 5.97 Å². The fraction of sp³-hybridized carbons (Fsp3) is 0.0667. The highest BCUT2D eigenvalue weighted by atomic mass is 35.5. The van der Waals surface area contributed by atoms with E-state index in [4.69, 9.17) is 27.9 Å². The van der Waals surface area contributed by atoms with Crippen LogP contribution in [0.5, 0.6) is 0 Å². The summed E-state index contributed by atoms with van der Waals surface area (Å²) in [4.78, 5) is 53.6. The third kappa shape index (κ3) is 4.84. The highest BCUT2D eigenvalue weighted by molar-refractivity contribution is 6.46. The summed E-state index contributed by atoms with van der Waals surface area (Å²) >= 11 is 12.0. The number of hydrogen-bond donors (Lipinski definition) is 1. The van der Waals surface area contributed by atoms with Crippen LogP contribution in [0.25, 0.3) is 11.1 Å². The van der Waals surface area contributed by atoms with Gasteiger partial charge < -0.3 is 10.1 Å². The smallest absolute Gasteiger partial charge is 0.339 e. The number of fused-ring (bicyclic) bond motifs is 1. The Morgan fingerprint density at radius 2 is 1.42 bits per heavy atom. The lowest BCUT2D eigenvalue weighted by Gasteiger charge is -2.22. The van der Waals surface area contributed by atoms with Crippen molar-refractivity contribution in [3.05, 3.63) is 124 Å². The Bertz CT molecular complexity index is 1580. The Balaban J connectivity index is 1.57. The normalized spacial score (nSPS) is 14.8. The molecule has 8 heteroatoms. The highest BCUT2D eigenvalue weighted by Gasteiger charge is 2.46. The molecule has 4 aromatic rings. The van der Waals surface area contributed by atoms with E-state index >= 15 is 0 Å². The Morgan fingerprint density at radius 3 is 2.16 bits per heavy atom. The Morgan fingerprint density at radius 1 is 0.763 bits per heavy atom. The van der Waals surface area contributed by atoms with Crippen LogP contribution in [0, 0.1) is 5.92 Å². The van der Waals surface area contributed by atoms with E-state index < -0.39 is 35.5 Å². The van der Waals surface area contributed by atoms with Gasteiger partial charge in [-0.1, -0.05) is 96.0 Å².